The summed E-state index contributed by atoms with van der Waals surface area (Å²) in [6.07, 6.45) is 3.32. The zero-order valence-electron chi connectivity index (χ0n) is 13.3. The first-order valence-electron chi connectivity index (χ1n) is 7.75. The van der Waals surface area contributed by atoms with E-state index in [1.807, 2.05) is 43.0 Å². The molecule has 0 spiro atoms. The van der Waals surface area contributed by atoms with Gasteiger partial charge in [0.25, 0.3) is 5.91 Å². The van der Waals surface area contributed by atoms with Gasteiger partial charge in [0.2, 0.25) is 0 Å². The smallest absolute Gasteiger partial charge is 0.257 e. The number of carbonyl (C=O) groups excluding carboxylic acids is 1. The van der Waals surface area contributed by atoms with Crippen molar-refractivity contribution in [1.29, 1.82) is 0 Å². The molecule has 2 aromatic rings. The summed E-state index contributed by atoms with van der Waals surface area (Å²) in [5, 5.41) is 5.03. The maximum Gasteiger partial charge on any atom is 0.257 e. The summed E-state index contributed by atoms with van der Waals surface area (Å²) in [5.41, 5.74) is 2.36. The number of hydrogen-bond donors (Lipinski definition) is 0. The summed E-state index contributed by atoms with van der Waals surface area (Å²) in [6, 6.07) is 7.54. The van der Waals surface area contributed by atoms with Crippen molar-refractivity contribution in [2.45, 2.75) is 33.6 Å². The van der Waals surface area contributed by atoms with E-state index in [1.54, 1.807) is 10.9 Å². The lowest BCUT2D eigenvalue weighted by molar-refractivity contribution is 0.0763. The second kappa shape index (κ2) is 7.45. The monoisotopic (exact) mass is 319 g/mol. The molecule has 4 nitrogen and oxygen atoms in total. The Bertz CT molecular complexity index is 651. The molecular formula is C17H22ClN3O. The zero-order chi connectivity index (χ0) is 16.1. The molecule has 1 aromatic carbocycles. The Kier molecular flexibility index (Phi) is 5.61. The number of nitrogens with zero attached hydrogens (tertiary/aromatic N) is 3. The molecule has 1 amide bonds. The Morgan fingerprint density at radius 2 is 2.00 bits per heavy atom. The fraction of sp³-hybridized carbons (Fsp3) is 0.412. The van der Waals surface area contributed by atoms with Crippen LogP contribution in [0.2, 0.25) is 5.02 Å². The van der Waals surface area contributed by atoms with Gasteiger partial charge in [-0.2, -0.15) is 5.10 Å². The molecule has 0 radical (unpaired) electrons. The molecule has 1 aromatic heterocycles. The van der Waals surface area contributed by atoms with Crippen molar-refractivity contribution in [2.24, 2.45) is 0 Å². The highest BCUT2D eigenvalue weighted by molar-refractivity contribution is 6.32. The molecule has 22 heavy (non-hydrogen) atoms. The fourth-order valence-corrected chi connectivity index (χ4v) is 2.78. The summed E-state index contributed by atoms with van der Waals surface area (Å²) < 4.78 is 1.77. The second-order valence-corrected chi connectivity index (χ2v) is 5.51. The van der Waals surface area contributed by atoms with Gasteiger partial charge in [0.15, 0.2) is 0 Å². The normalized spacial score (nSPS) is 10.7. The maximum absolute atomic E-state index is 12.7. The molecule has 0 saturated carbocycles. The highest BCUT2D eigenvalue weighted by Gasteiger charge is 2.21. The molecule has 1 heterocycles. The largest absolute Gasteiger partial charge is 0.339 e. The van der Waals surface area contributed by atoms with Gasteiger partial charge in [0.05, 0.1) is 28.2 Å². The van der Waals surface area contributed by atoms with Gasteiger partial charge in [-0.05, 0) is 31.9 Å². The van der Waals surface area contributed by atoms with E-state index in [0.29, 0.717) is 17.1 Å². The van der Waals surface area contributed by atoms with Crippen molar-refractivity contribution < 1.29 is 4.79 Å². The van der Waals surface area contributed by atoms with Crippen LogP contribution in [0.5, 0.6) is 0 Å². The van der Waals surface area contributed by atoms with Crippen LogP contribution in [0.4, 0.5) is 0 Å². The molecule has 0 atom stereocenters. The van der Waals surface area contributed by atoms with Gasteiger partial charge < -0.3 is 4.90 Å². The van der Waals surface area contributed by atoms with Gasteiger partial charge in [-0.25, -0.2) is 4.68 Å². The number of halogens is 1. The number of carbonyl (C=O) groups is 1. The average Bonchev–Trinajstić information content (AvgIpc) is 2.96. The van der Waals surface area contributed by atoms with Crippen LogP contribution in [0, 0.1) is 0 Å². The standard InChI is InChI=1S/C17H22ClN3O/c1-4-11-20(6-3)17(22)13-12-19-21(15(13)5-2)16-10-8-7-9-14(16)18/h7-10,12H,4-6,11H2,1-3H3. The number of hydrogen-bond acceptors (Lipinski definition) is 2. The molecule has 0 saturated heterocycles. The van der Waals surface area contributed by atoms with Crippen molar-refractivity contribution in [3.05, 3.63) is 46.7 Å². The SMILES string of the molecule is CCCN(CC)C(=O)c1cnn(-c2ccccc2Cl)c1CC. The lowest BCUT2D eigenvalue weighted by Crippen LogP contribution is -2.32. The van der Waals surface area contributed by atoms with E-state index in [-0.39, 0.29) is 5.91 Å². The van der Waals surface area contributed by atoms with Crippen LogP contribution in [0.3, 0.4) is 0 Å². The van der Waals surface area contributed by atoms with Gasteiger partial charge in [-0.1, -0.05) is 37.6 Å². The summed E-state index contributed by atoms with van der Waals surface area (Å²) in [7, 11) is 0. The Morgan fingerprint density at radius 3 is 2.59 bits per heavy atom. The number of rotatable bonds is 6. The van der Waals surface area contributed by atoms with E-state index in [2.05, 4.69) is 12.0 Å². The molecule has 0 aliphatic heterocycles. The number of para-hydroxylation sites is 1. The molecule has 118 valence electrons. The molecule has 0 aliphatic carbocycles. The van der Waals surface area contributed by atoms with Crippen molar-refractivity contribution in [3.8, 4) is 5.69 Å². The minimum atomic E-state index is 0.0412. The average molecular weight is 320 g/mol. The van der Waals surface area contributed by atoms with Gasteiger partial charge in [-0.3, -0.25) is 4.79 Å². The van der Waals surface area contributed by atoms with Crippen LogP contribution >= 0.6 is 11.6 Å². The first kappa shape index (κ1) is 16.6. The quantitative estimate of drug-likeness (QED) is 0.808. The highest BCUT2D eigenvalue weighted by Crippen LogP contribution is 2.23. The van der Waals surface area contributed by atoms with E-state index in [4.69, 9.17) is 11.6 Å². The summed E-state index contributed by atoms with van der Waals surface area (Å²) in [5.74, 6) is 0.0412. The third kappa shape index (κ3) is 3.17. The first-order valence-corrected chi connectivity index (χ1v) is 8.12. The summed E-state index contributed by atoms with van der Waals surface area (Å²) in [4.78, 5) is 14.6. The van der Waals surface area contributed by atoms with Gasteiger partial charge in [0, 0.05) is 13.1 Å². The Balaban J connectivity index is 2.44. The Morgan fingerprint density at radius 1 is 1.27 bits per heavy atom. The number of benzene rings is 1. The number of aromatic nitrogens is 2. The molecule has 0 fully saturated rings. The zero-order valence-corrected chi connectivity index (χ0v) is 14.1. The third-order valence-corrected chi connectivity index (χ3v) is 4.00. The first-order chi connectivity index (χ1) is 10.6. The van der Waals surface area contributed by atoms with Crippen LogP contribution in [0.15, 0.2) is 30.5 Å². The highest BCUT2D eigenvalue weighted by atomic mass is 35.5. The topological polar surface area (TPSA) is 38.1 Å². The van der Waals surface area contributed by atoms with Crippen LogP contribution in [0.25, 0.3) is 5.69 Å². The van der Waals surface area contributed by atoms with E-state index < -0.39 is 0 Å². The molecule has 0 unspecified atom stereocenters. The lowest BCUT2D eigenvalue weighted by atomic mass is 10.1. The Labute approximate surface area is 136 Å². The summed E-state index contributed by atoms with van der Waals surface area (Å²) in [6.45, 7) is 7.56. The second-order valence-electron chi connectivity index (χ2n) is 5.11. The minimum Gasteiger partial charge on any atom is -0.339 e. The molecule has 5 heteroatoms. The van der Waals surface area contributed by atoms with Crippen molar-refractivity contribution in [2.75, 3.05) is 13.1 Å². The van der Waals surface area contributed by atoms with E-state index in [1.165, 1.54) is 0 Å². The lowest BCUT2D eigenvalue weighted by Gasteiger charge is -2.20. The van der Waals surface area contributed by atoms with Gasteiger partial charge in [-0.15, -0.1) is 0 Å². The fourth-order valence-electron chi connectivity index (χ4n) is 2.57. The van der Waals surface area contributed by atoms with Crippen LogP contribution in [-0.2, 0) is 6.42 Å². The van der Waals surface area contributed by atoms with Crippen LogP contribution < -0.4 is 0 Å². The van der Waals surface area contributed by atoms with Crippen molar-refractivity contribution in [1.82, 2.24) is 14.7 Å². The van der Waals surface area contributed by atoms with E-state index in [9.17, 15) is 4.79 Å². The van der Waals surface area contributed by atoms with E-state index in [0.717, 1.165) is 30.8 Å². The Hall–Kier alpha value is -1.81. The molecule has 0 bridgehead atoms. The summed E-state index contributed by atoms with van der Waals surface area (Å²) >= 11 is 6.26. The molecule has 0 aliphatic rings. The van der Waals surface area contributed by atoms with Gasteiger partial charge >= 0.3 is 0 Å². The maximum atomic E-state index is 12.7. The minimum absolute atomic E-state index is 0.0412. The predicted octanol–water partition coefficient (Wildman–Crippen LogP) is 3.96. The number of amides is 1. The van der Waals surface area contributed by atoms with Crippen molar-refractivity contribution >= 4 is 17.5 Å². The third-order valence-electron chi connectivity index (χ3n) is 3.68. The van der Waals surface area contributed by atoms with Crippen LogP contribution in [0.1, 0.15) is 43.2 Å². The molecule has 2 rings (SSSR count). The van der Waals surface area contributed by atoms with Gasteiger partial charge in [0.1, 0.15) is 0 Å². The van der Waals surface area contributed by atoms with Crippen molar-refractivity contribution in [3.63, 3.8) is 0 Å². The molecule has 0 N–H and O–H groups in total. The van der Waals surface area contributed by atoms with E-state index >= 15 is 0 Å². The predicted molar refractivity (Wildman–Crippen MR) is 89.8 cm³/mol. The van der Waals surface area contributed by atoms with Crippen LogP contribution in [-0.4, -0.2) is 33.7 Å². The molecular weight excluding hydrogens is 298 g/mol.